The van der Waals surface area contributed by atoms with Crippen molar-refractivity contribution in [3.8, 4) is 22.8 Å². The van der Waals surface area contributed by atoms with Crippen LogP contribution in [-0.2, 0) is 0 Å². The molecule has 1 aliphatic carbocycles. The van der Waals surface area contributed by atoms with Crippen molar-refractivity contribution < 1.29 is 13.9 Å². The highest BCUT2D eigenvalue weighted by molar-refractivity contribution is 6.42. The number of halogens is 2. The van der Waals surface area contributed by atoms with Crippen molar-refractivity contribution >= 4 is 13.3 Å². The summed E-state index contributed by atoms with van der Waals surface area (Å²) in [5.74, 6) is 0.280. The zero-order valence-electron chi connectivity index (χ0n) is 18.5. The minimum atomic E-state index is -1.34. The fourth-order valence-electron chi connectivity index (χ4n) is 4.47. The second-order valence-corrected chi connectivity index (χ2v) is 8.74. The summed E-state index contributed by atoms with van der Waals surface area (Å²) in [7, 11) is 1.79. The van der Waals surface area contributed by atoms with Gasteiger partial charge in [0.15, 0.2) is 5.82 Å². The quantitative estimate of drug-likeness (QED) is 0.610. The molecule has 9 heteroatoms. The van der Waals surface area contributed by atoms with Gasteiger partial charge in [-0.05, 0) is 30.5 Å². The minimum absolute atomic E-state index is 0.0150. The lowest BCUT2D eigenvalue weighted by Crippen LogP contribution is -2.38. The smallest absolute Gasteiger partial charge is 0.185 e. The van der Waals surface area contributed by atoms with E-state index in [2.05, 4.69) is 20.2 Å². The molecule has 0 spiro atoms. The molecule has 32 heavy (non-hydrogen) atoms. The van der Waals surface area contributed by atoms with Crippen LogP contribution in [0.2, 0.25) is 0 Å². The minimum Gasteiger partial charge on any atom is -0.507 e. The molecule has 0 radical (unpaired) electrons. The van der Waals surface area contributed by atoms with E-state index in [0.29, 0.717) is 35.1 Å². The summed E-state index contributed by atoms with van der Waals surface area (Å²) >= 11 is 0. The number of nitrogens with zero attached hydrogens (tertiary/aromatic N) is 5. The summed E-state index contributed by atoms with van der Waals surface area (Å²) in [6.07, 6.45) is 5.88. The van der Waals surface area contributed by atoms with Crippen LogP contribution >= 0.6 is 0 Å². The molecule has 1 saturated carbocycles. The molecule has 166 valence electrons. The number of aromatic nitrogens is 5. The van der Waals surface area contributed by atoms with Crippen LogP contribution in [0.3, 0.4) is 0 Å². The van der Waals surface area contributed by atoms with Crippen LogP contribution in [0.25, 0.3) is 22.5 Å². The van der Waals surface area contributed by atoms with Gasteiger partial charge in [-0.2, -0.15) is 0 Å². The Balaban J connectivity index is 1.61. The number of allylic oxidation sites excluding steroid dienone is 1. The highest BCUT2D eigenvalue weighted by Gasteiger charge is 2.43. The highest BCUT2D eigenvalue weighted by Crippen LogP contribution is 2.46. The summed E-state index contributed by atoms with van der Waals surface area (Å²) in [6, 6.07) is 5.13. The molecule has 0 aliphatic heterocycles. The van der Waals surface area contributed by atoms with Crippen LogP contribution in [0.1, 0.15) is 45.2 Å². The largest absolute Gasteiger partial charge is 0.507 e. The van der Waals surface area contributed by atoms with Gasteiger partial charge in [0.1, 0.15) is 25.9 Å². The molecule has 3 aromatic rings. The number of hydrogen-bond acceptors (Lipinski definition) is 5. The maximum Gasteiger partial charge on any atom is 0.185 e. The van der Waals surface area contributed by atoms with Crippen molar-refractivity contribution in [2.45, 2.75) is 51.9 Å². The zero-order chi connectivity index (χ0) is 22.9. The average Bonchev–Trinajstić information content (AvgIpc) is 3.31. The zero-order valence-corrected chi connectivity index (χ0v) is 18.5. The first-order valence-electron chi connectivity index (χ1n) is 10.8. The Kier molecular flexibility index (Phi) is 6.08. The van der Waals surface area contributed by atoms with E-state index in [1.54, 1.807) is 43.3 Å². The summed E-state index contributed by atoms with van der Waals surface area (Å²) in [5, 5.41) is 18.9. The van der Waals surface area contributed by atoms with Gasteiger partial charge in [0, 0.05) is 30.3 Å². The predicted molar refractivity (Wildman–Crippen MR) is 122 cm³/mol. The van der Waals surface area contributed by atoms with E-state index in [-0.39, 0.29) is 18.0 Å². The molecule has 1 fully saturated rings. The van der Waals surface area contributed by atoms with Crippen molar-refractivity contribution in [1.82, 2.24) is 24.7 Å². The molecule has 2 heterocycles. The number of rotatable bonds is 5. The van der Waals surface area contributed by atoms with Crippen LogP contribution < -0.4 is 0 Å². The number of imidazole rings is 1. The standard InChI is InChI=1S/C23H26BF2N5O/c1-3-6-23(2)11-16(17(25)10-20(23)26)21(24)18-12-28-22(30-29-18)15-5-4-14(9-19(15)32)31-8-7-27-13-31/h4-5,7-9,12-13,17,20,32H,3,6,10-11,24H2,1-2H3/b21-16-/t17-,20?,23+/m1/s1. The van der Waals surface area contributed by atoms with Crippen LogP contribution in [-0.4, -0.2) is 50.0 Å². The SMILES string of the molecule is B/C(=C1/C[C@](C)(CCC)C(F)C[C@H]1F)c1cnc(-c2ccc(-n3ccnc3)cc2O)nn1. The van der Waals surface area contributed by atoms with Crippen molar-refractivity contribution in [2.75, 3.05) is 0 Å². The van der Waals surface area contributed by atoms with Gasteiger partial charge in [-0.1, -0.05) is 25.7 Å². The van der Waals surface area contributed by atoms with Gasteiger partial charge >= 0.3 is 0 Å². The fraction of sp³-hybridized carbons (Fsp3) is 0.391. The molecule has 1 N–H and O–H groups in total. The van der Waals surface area contributed by atoms with Crippen molar-refractivity contribution in [3.63, 3.8) is 0 Å². The molecule has 1 unspecified atom stereocenters. The molecule has 0 bridgehead atoms. The van der Waals surface area contributed by atoms with Crippen LogP contribution in [0, 0.1) is 5.41 Å². The van der Waals surface area contributed by atoms with E-state index in [1.165, 1.54) is 6.20 Å². The Bertz CT molecular complexity index is 1120. The maximum atomic E-state index is 14.8. The number of hydrogen-bond donors (Lipinski definition) is 1. The first-order chi connectivity index (χ1) is 15.3. The topological polar surface area (TPSA) is 76.7 Å². The van der Waals surface area contributed by atoms with E-state index < -0.39 is 17.8 Å². The Morgan fingerprint density at radius 3 is 2.75 bits per heavy atom. The molecular formula is C23H26BF2N5O. The first-order valence-corrected chi connectivity index (χ1v) is 10.8. The van der Waals surface area contributed by atoms with Gasteiger partial charge in [0.2, 0.25) is 0 Å². The molecular weight excluding hydrogens is 411 g/mol. The second kappa shape index (κ2) is 8.80. The lowest BCUT2D eigenvalue weighted by Gasteiger charge is -2.40. The Morgan fingerprint density at radius 2 is 2.12 bits per heavy atom. The Labute approximate surface area is 186 Å². The van der Waals surface area contributed by atoms with E-state index in [0.717, 1.165) is 12.1 Å². The number of phenolic OH excluding ortho intramolecular Hbond substituents is 1. The first kappa shape index (κ1) is 22.1. The van der Waals surface area contributed by atoms with Crippen molar-refractivity contribution in [2.24, 2.45) is 5.41 Å². The summed E-state index contributed by atoms with van der Waals surface area (Å²) in [5.41, 5.74) is 2.30. The van der Waals surface area contributed by atoms with E-state index in [4.69, 9.17) is 0 Å². The number of phenols is 1. The second-order valence-electron chi connectivity index (χ2n) is 8.74. The molecule has 2 aromatic heterocycles. The van der Waals surface area contributed by atoms with E-state index in [1.807, 2.05) is 19.9 Å². The van der Waals surface area contributed by atoms with Gasteiger partial charge in [-0.25, -0.2) is 18.7 Å². The molecule has 3 atom stereocenters. The monoisotopic (exact) mass is 437 g/mol. The van der Waals surface area contributed by atoms with Crippen molar-refractivity contribution in [3.05, 3.63) is 54.4 Å². The Hall–Kier alpha value is -3.10. The normalized spacial score (nSPS) is 25.0. The third-order valence-electron chi connectivity index (χ3n) is 6.42. The highest BCUT2D eigenvalue weighted by atomic mass is 19.1. The summed E-state index contributed by atoms with van der Waals surface area (Å²) in [6.45, 7) is 3.91. The third-order valence-corrected chi connectivity index (χ3v) is 6.42. The van der Waals surface area contributed by atoms with E-state index >= 15 is 0 Å². The molecule has 4 rings (SSSR count). The maximum absolute atomic E-state index is 14.8. The lowest BCUT2D eigenvalue weighted by atomic mass is 9.66. The van der Waals surface area contributed by atoms with E-state index in [9.17, 15) is 13.9 Å². The molecule has 6 nitrogen and oxygen atoms in total. The van der Waals surface area contributed by atoms with Crippen LogP contribution in [0.5, 0.6) is 5.75 Å². The van der Waals surface area contributed by atoms with Gasteiger partial charge in [-0.15, -0.1) is 10.2 Å². The number of benzene rings is 1. The van der Waals surface area contributed by atoms with Gasteiger partial charge in [0.05, 0.1) is 29.5 Å². The van der Waals surface area contributed by atoms with Gasteiger partial charge < -0.3 is 9.67 Å². The van der Waals surface area contributed by atoms with Crippen molar-refractivity contribution in [1.29, 1.82) is 0 Å². The summed E-state index contributed by atoms with van der Waals surface area (Å²) in [4.78, 5) is 8.34. The van der Waals surface area contributed by atoms with Crippen LogP contribution in [0.15, 0.2) is 48.7 Å². The molecule has 0 amide bonds. The average molecular weight is 437 g/mol. The van der Waals surface area contributed by atoms with Gasteiger partial charge in [-0.3, -0.25) is 0 Å². The number of alkyl halides is 2. The molecule has 1 aromatic carbocycles. The number of aromatic hydroxyl groups is 1. The molecule has 0 saturated heterocycles. The lowest BCUT2D eigenvalue weighted by molar-refractivity contribution is 0.0552. The fourth-order valence-corrected chi connectivity index (χ4v) is 4.47. The predicted octanol–water partition coefficient (Wildman–Crippen LogP) is 4.05. The van der Waals surface area contributed by atoms with Gasteiger partial charge in [0.25, 0.3) is 0 Å². The summed E-state index contributed by atoms with van der Waals surface area (Å²) < 4.78 is 31.1. The van der Waals surface area contributed by atoms with Crippen LogP contribution in [0.4, 0.5) is 8.78 Å². The molecule has 1 aliphatic rings. The Morgan fingerprint density at radius 1 is 1.31 bits per heavy atom. The third kappa shape index (κ3) is 4.16.